The molecule has 0 atom stereocenters. The summed E-state index contributed by atoms with van der Waals surface area (Å²) in [5.41, 5.74) is 0. The van der Waals surface area contributed by atoms with Gasteiger partial charge in [0.1, 0.15) is 12.9 Å². The van der Waals surface area contributed by atoms with Crippen molar-refractivity contribution in [2.75, 3.05) is 23.7 Å². The molecular formula is C11H14F3N7. The van der Waals surface area contributed by atoms with E-state index in [1.165, 1.54) is 17.1 Å². The van der Waals surface area contributed by atoms with E-state index in [1.807, 2.05) is 6.92 Å². The maximum absolute atomic E-state index is 12.3. The largest absolute Gasteiger partial charge is 0.405 e. The van der Waals surface area contributed by atoms with E-state index in [2.05, 4.69) is 30.6 Å². The second-order valence-electron chi connectivity index (χ2n) is 4.15. The van der Waals surface area contributed by atoms with E-state index in [9.17, 15) is 13.2 Å². The van der Waals surface area contributed by atoms with Crippen LogP contribution in [0.15, 0.2) is 18.7 Å². The van der Waals surface area contributed by atoms with Gasteiger partial charge in [0, 0.05) is 18.9 Å². The highest BCUT2D eigenvalue weighted by atomic mass is 19.4. The third-order valence-electron chi connectivity index (χ3n) is 2.34. The Morgan fingerprint density at radius 2 is 1.86 bits per heavy atom. The van der Waals surface area contributed by atoms with Crippen LogP contribution in [0.5, 0.6) is 0 Å². The van der Waals surface area contributed by atoms with Crippen LogP contribution in [0.4, 0.5) is 25.1 Å². The van der Waals surface area contributed by atoms with Crippen LogP contribution in [0.2, 0.25) is 0 Å². The van der Waals surface area contributed by atoms with Crippen molar-refractivity contribution in [3.63, 3.8) is 0 Å². The SMILES string of the molecule is CCCNc1nc(NCC(F)(F)F)nc(-n2ccnc2)n1. The first-order valence-electron chi connectivity index (χ1n) is 6.27. The molecule has 0 saturated carbocycles. The van der Waals surface area contributed by atoms with Gasteiger partial charge < -0.3 is 10.6 Å². The molecule has 0 spiro atoms. The fourth-order valence-electron chi connectivity index (χ4n) is 1.43. The van der Waals surface area contributed by atoms with Gasteiger partial charge in [-0.05, 0) is 6.42 Å². The van der Waals surface area contributed by atoms with Gasteiger partial charge in [0.2, 0.25) is 17.8 Å². The summed E-state index contributed by atoms with van der Waals surface area (Å²) in [6.07, 6.45) is 1.04. The molecule has 21 heavy (non-hydrogen) atoms. The van der Waals surface area contributed by atoms with Gasteiger partial charge in [0.25, 0.3) is 0 Å². The van der Waals surface area contributed by atoms with Crippen molar-refractivity contribution in [3.8, 4) is 5.95 Å². The van der Waals surface area contributed by atoms with E-state index in [-0.39, 0.29) is 17.8 Å². The molecule has 0 aliphatic heterocycles. The molecule has 2 heterocycles. The summed E-state index contributed by atoms with van der Waals surface area (Å²) in [7, 11) is 0. The van der Waals surface area contributed by atoms with Crippen LogP contribution in [-0.2, 0) is 0 Å². The Hall–Kier alpha value is -2.39. The Labute approximate surface area is 118 Å². The molecule has 0 radical (unpaired) electrons. The maximum atomic E-state index is 12.3. The summed E-state index contributed by atoms with van der Waals surface area (Å²) in [5, 5.41) is 5.06. The van der Waals surface area contributed by atoms with E-state index in [1.54, 1.807) is 6.20 Å². The molecule has 0 unspecified atom stereocenters. The van der Waals surface area contributed by atoms with Gasteiger partial charge >= 0.3 is 6.18 Å². The molecule has 0 aliphatic rings. The third-order valence-corrected chi connectivity index (χ3v) is 2.34. The number of nitrogens with one attached hydrogen (secondary N) is 2. The van der Waals surface area contributed by atoms with Gasteiger partial charge in [-0.1, -0.05) is 6.92 Å². The minimum atomic E-state index is -4.35. The predicted octanol–water partition coefficient (Wildman–Crippen LogP) is 1.85. The Balaban J connectivity index is 2.24. The number of hydrogen-bond acceptors (Lipinski definition) is 6. The molecule has 2 aromatic rings. The minimum Gasteiger partial charge on any atom is -0.354 e. The Kier molecular flexibility index (Phi) is 4.55. The monoisotopic (exact) mass is 301 g/mol. The summed E-state index contributed by atoms with van der Waals surface area (Å²) < 4.78 is 38.2. The van der Waals surface area contributed by atoms with Crippen LogP contribution < -0.4 is 10.6 Å². The van der Waals surface area contributed by atoms with E-state index < -0.39 is 12.7 Å². The lowest BCUT2D eigenvalue weighted by Crippen LogP contribution is -2.23. The van der Waals surface area contributed by atoms with Crippen molar-refractivity contribution < 1.29 is 13.2 Å². The highest BCUT2D eigenvalue weighted by Crippen LogP contribution is 2.16. The van der Waals surface area contributed by atoms with Crippen molar-refractivity contribution in [1.82, 2.24) is 24.5 Å². The van der Waals surface area contributed by atoms with Crippen LogP contribution in [0.25, 0.3) is 5.95 Å². The smallest absolute Gasteiger partial charge is 0.354 e. The predicted molar refractivity (Wildman–Crippen MR) is 70.3 cm³/mol. The first-order chi connectivity index (χ1) is 9.98. The number of imidazole rings is 1. The molecule has 2 aromatic heterocycles. The second-order valence-corrected chi connectivity index (χ2v) is 4.15. The zero-order valence-corrected chi connectivity index (χ0v) is 11.2. The molecule has 7 nitrogen and oxygen atoms in total. The molecule has 0 amide bonds. The van der Waals surface area contributed by atoms with Crippen LogP contribution >= 0.6 is 0 Å². The van der Waals surface area contributed by atoms with Gasteiger partial charge in [0.15, 0.2) is 0 Å². The standard InChI is InChI=1S/C11H14F3N7/c1-2-3-16-8-18-9(17-6-11(12,13)14)20-10(19-8)21-5-4-15-7-21/h4-5,7H,2-3,6H2,1H3,(H2,16,17,18,19,20). The van der Waals surface area contributed by atoms with Gasteiger partial charge in [-0.25, -0.2) is 4.98 Å². The van der Waals surface area contributed by atoms with Gasteiger partial charge in [0.05, 0.1) is 0 Å². The number of alkyl halides is 3. The number of hydrogen-bond donors (Lipinski definition) is 2. The molecule has 0 saturated heterocycles. The quantitative estimate of drug-likeness (QED) is 0.847. The van der Waals surface area contributed by atoms with E-state index >= 15 is 0 Å². The van der Waals surface area contributed by atoms with E-state index in [4.69, 9.17) is 0 Å². The average Bonchev–Trinajstić information content (AvgIpc) is 2.96. The molecule has 0 aromatic carbocycles. The van der Waals surface area contributed by atoms with Crippen LogP contribution in [0.3, 0.4) is 0 Å². The Bertz CT molecular complexity index is 568. The highest BCUT2D eigenvalue weighted by molar-refractivity contribution is 5.38. The molecule has 10 heteroatoms. The normalized spacial score (nSPS) is 11.4. The summed E-state index contributed by atoms with van der Waals surface area (Å²) >= 11 is 0. The Morgan fingerprint density at radius 3 is 2.43 bits per heavy atom. The van der Waals surface area contributed by atoms with Crippen molar-refractivity contribution in [1.29, 1.82) is 0 Å². The molecular weight excluding hydrogens is 287 g/mol. The third kappa shape index (κ3) is 4.58. The molecule has 0 aliphatic carbocycles. The van der Waals surface area contributed by atoms with E-state index in [0.29, 0.717) is 6.54 Å². The number of rotatable bonds is 6. The highest BCUT2D eigenvalue weighted by Gasteiger charge is 2.27. The van der Waals surface area contributed by atoms with E-state index in [0.717, 1.165) is 6.42 Å². The van der Waals surface area contributed by atoms with Gasteiger partial charge in [-0.3, -0.25) is 4.57 Å². The van der Waals surface area contributed by atoms with Gasteiger partial charge in [-0.2, -0.15) is 28.1 Å². The number of nitrogens with zero attached hydrogens (tertiary/aromatic N) is 5. The first kappa shape index (κ1) is 15.0. The summed E-state index contributed by atoms with van der Waals surface area (Å²) in [5.74, 6) is 0.246. The number of halogens is 3. The Morgan fingerprint density at radius 1 is 1.14 bits per heavy atom. The second kappa shape index (κ2) is 6.37. The minimum absolute atomic E-state index is 0.148. The maximum Gasteiger partial charge on any atom is 0.405 e. The first-order valence-corrected chi connectivity index (χ1v) is 6.27. The van der Waals surface area contributed by atoms with Crippen molar-refractivity contribution in [2.24, 2.45) is 0 Å². The molecule has 0 fully saturated rings. The molecule has 2 N–H and O–H groups in total. The van der Waals surface area contributed by atoms with Gasteiger partial charge in [-0.15, -0.1) is 0 Å². The van der Waals surface area contributed by atoms with Crippen molar-refractivity contribution in [3.05, 3.63) is 18.7 Å². The molecule has 0 bridgehead atoms. The van der Waals surface area contributed by atoms with Crippen LogP contribution in [0, 0.1) is 0 Å². The lowest BCUT2D eigenvalue weighted by atomic mass is 10.5. The number of anilines is 2. The average molecular weight is 301 g/mol. The fraction of sp³-hybridized carbons (Fsp3) is 0.455. The summed E-state index contributed by atoms with van der Waals surface area (Å²) in [6, 6.07) is 0. The lowest BCUT2D eigenvalue weighted by molar-refractivity contribution is -0.115. The molecule has 114 valence electrons. The van der Waals surface area contributed by atoms with Crippen LogP contribution in [0.1, 0.15) is 13.3 Å². The zero-order valence-electron chi connectivity index (χ0n) is 11.2. The lowest BCUT2D eigenvalue weighted by Gasteiger charge is -2.11. The van der Waals surface area contributed by atoms with Crippen LogP contribution in [-0.4, -0.2) is 43.8 Å². The van der Waals surface area contributed by atoms with Crippen molar-refractivity contribution in [2.45, 2.75) is 19.5 Å². The summed E-state index contributed by atoms with van der Waals surface area (Å²) in [4.78, 5) is 15.8. The zero-order chi connectivity index (χ0) is 15.3. The van der Waals surface area contributed by atoms with Crippen molar-refractivity contribution >= 4 is 11.9 Å². The number of aromatic nitrogens is 5. The summed E-state index contributed by atoms with van der Waals surface area (Å²) in [6.45, 7) is 1.34. The molecule has 2 rings (SSSR count). The topological polar surface area (TPSA) is 80.5 Å². The fourth-order valence-corrected chi connectivity index (χ4v) is 1.43.